The van der Waals surface area contributed by atoms with Gasteiger partial charge in [-0.25, -0.2) is 14.4 Å². The van der Waals surface area contributed by atoms with E-state index in [1.807, 2.05) is 18.4 Å². The van der Waals surface area contributed by atoms with Crippen LogP contribution in [0.3, 0.4) is 0 Å². The number of rotatable bonds is 5. The maximum Gasteiger partial charge on any atom is 0.221 e. The molecule has 7 heteroatoms. The van der Waals surface area contributed by atoms with Crippen molar-refractivity contribution in [1.82, 2.24) is 24.7 Å². The maximum absolute atomic E-state index is 14.6. The van der Waals surface area contributed by atoms with Crippen LogP contribution in [0.4, 0.5) is 4.39 Å². The Morgan fingerprint density at radius 2 is 1.96 bits per heavy atom. The van der Waals surface area contributed by atoms with Crippen molar-refractivity contribution in [1.29, 1.82) is 0 Å². The Bertz CT molecular complexity index is 1110. The second-order valence-electron chi connectivity index (χ2n) is 5.94. The molecule has 0 fully saturated rings. The van der Waals surface area contributed by atoms with Crippen LogP contribution in [0, 0.1) is 5.82 Å². The molecule has 3 heterocycles. The van der Waals surface area contributed by atoms with Gasteiger partial charge in [0.15, 0.2) is 5.65 Å². The summed E-state index contributed by atoms with van der Waals surface area (Å²) in [6, 6.07) is 8.50. The summed E-state index contributed by atoms with van der Waals surface area (Å²) in [4.78, 5) is 8.69. The molecule has 0 aliphatic carbocycles. The molecular formula is C20H18FN5O. The van der Waals surface area contributed by atoms with E-state index in [1.54, 1.807) is 43.0 Å². The van der Waals surface area contributed by atoms with E-state index in [-0.39, 0.29) is 5.82 Å². The fourth-order valence-electron chi connectivity index (χ4n) is 3.06. The summed E-state index contributed by atoms with van der Waals surface area (Å²) in [5.41, 5.74) is 4.08. The fourth-order valence-corrected chi connectivity index (χ4v) is 3.06. The molecule has 0 spiro atoms. The van der Waals surface area contributed by atoms with Crippen molar-refractivity contribution in [2.45, 2.75) is 20.4 Å². The molecule has 0 N–H and O–H groups in total. The summed E-state index contributed by atoms with van der Waals surface area (Å²) in [5.74, 6) is 0.0642. The molecule has 0 bridgehead atoms. The molecule has 0 aliphatic rings. The third-order valence-electron chi connectivity index (χ3n) is 4.36. The lowest BCUT2D eigenvalue weighted by Gasteiger charge is -2.11. The van der Waals surface area contributed by atoms with E-state index in [9.17, 15) is 4.39 Å². The van der Waals surface area contributed by atoms with E-state index in [2.05, 4.69) is 20.2 Å². The van der Waals surface area contributed by atoms with Gasteiger partial charge in [-0.05, 0) is 43.7 Å². The highest BCUT2D eigenvalue weighted by atomic mass is 19.1. The van der Waals surface area contributed by atoms with Gasteiger partial charge in [-0.2, -0.15) is 5.10 Å². The van der Waals surface area contributed by atoms with Gasteiger partial charge in [-0.15, -0.1) is 5.10 Å². The summed E-state index contributed by atoms with van der Waals surface area (Å²) in [5, 5.41) is 8.28. The Morgan fingerprint density at radius 3 is 2.78 bits per heavy atom. The zero-order valence-electron chi connectivity index (χ0n) is 15.1. The SMILES string of the molecule is CCOc1ncccc1-c1cc(-c2cnnc3c2ncn3CC)ccc1F. The zero-order valence-corrected chi connectivity index (χ0v) is 15.1. The first-order chi connectivity index (χ1) is 13.2. The molecule has 0 saturated heterocycles. The minimum Gasteiger partial charge on any atom is -0.478 e. The van der Waals surface area contributed by atoms with Gasteiger partial charge in [0.2, 0.25) is 5.88 Å². The van der Waals surface area contributed by atoms with E-state index in [0.717, 1.165) is 23.2 Å². The normalized spacial score (nSPS) is 11.1. The van der Waals surface area contributed by atoms with E-state index < -0.39 is 0 Å². The third-order valence-corrected chi connectivity index (χ3v) is 4.36. The average molecular weight is 363 g/mol. The summed E-state index contributed by atoms with van der Waals surface area (Å²) in [7, 11) is 0. The van der Waals surface area contributed by atoms with Gasteiger partial charge >= 0.3 is 0 Å². The second-order valence-corrected chi connectivity index (χ2v) is 5.94. The van der Waals surface area contributed by atoms with Crippen LogP contribution in [0.1, 0.15) is 13.8 Å². The Labute approximate surface area is 155 Å². The number of aromatic nitrogens is 5. The van der Waals surface area contributed by atoms with E-state index in [4.69, 9.17) is 4.74 Å². The Hall–Kier alpha value is -3.35. The molecule has 6 nitrogen and oxygen atoms in total. The van der Waals surface area contributed by atoms with Crippen LogP contribution in [0.2, 0.25) is 0 Å². The van der Waals surface area contributed by atoms with Crippen LogP contribution in [0.25, 0.3) is 33.4 Å². The molecule has 0 radical (unpaired) electrons. The minimum absolute atomic E-state index is 0.343. The van der Waals surface area contributed by atoms with Crippen molar-refractivity contribution in [2.75, 3.05) is 6.61 Å². The number of nitrogens with zero attached hydrogens (tertiary/aromatic N) is 5. The van der Waals surface area contributed by atoms with Gasteiger partial charge in [0, 0.05) is 29.4 Å². The van der Waals surface area contributed by atoms with Crippen molar-refractivity contribution >= 4 is 11.2 Å². The van der Waals surface area contributed by atoms with Crippen LogP contribution < -0.4 is 4.74 Å². The van der Waals surface area contributed by atoms with Crippen LogP contribution in [0.5, 0.6) is 5.88 Å². The van der Waals surface area contributed by atoms with Gasteiger partial charge in [0.1, 0.15) is 11.3 Å². The van der Waals surface area contributed by atoms with Crippen LogP contribution in [-0.2, 0) is 6.54 Å². The molecule has 27 heavy (non-hydrogen) atoms. The summed E-state index contributed by atoms with van der Waals surface area (Å²) < 4.78 is 22.1. The molecule has 0 unspecified atom stereocenters. The first-order valence-electron chi connectivity index (χ1n) is 8.77. The predicted molar refractivity (Wildman–Crippen MR) is 101 cm³/mol. The molecule has 1 aromatic carbocycles. The molecule has 136 valence electrons. The predicted octanol–water partition coefficient (Wildman–Crippen LogP) is 4.11. The van der Waals surface area contributed by atoms with Crippen molar-refractivity contribution in [3.05, 3.63) is 54.9 Å². The number of aryl methyl sites for hydroxylation is 1. The molecule has 4 aromatic rings. The minimum atomic E-state index is -0.343. The first-order valence-corrected chi connectivity index (χ1v) is 8.77. The highest BCUT2D eigenvalue weighted by Gasteiger charge is 2.16. The lowest BCUT2D eigenvalue weighted by Crippen LogP contribution is -1.98. The fraction of sp³-hybridized carbons (Fsp3) is 0.200. The lowest BCUT2D eigenvalue weighted by molar-refractivity contribution is 0.328. The summed E-state index contributed by atoms with van der Waals surface area (Å²) >= 11 is 0. The quantitative estimate of drug-likeness (QED) is 0.534. The molecule has 3 aromatic heterocycles. The third kappa shape index (κ3) is 3.01. The summed E-state index contributed by atoms with van der Waals surface area (Å²) in [6.45, 7) is 5.09. The monoisotopic (exact) mass is 363 g/mol. The van der Waals surface area contributed by atoms with Gasteiger partial charge in [-0.1, -0.05) is 6.07 Å². The number of halogens is 1. The van der Waals surface area contributed by atoms with Crippen molar-refractivity contribution < 1.29 is 9.13 Å². The molecule has 0 aliphatic heterocycles. The molecule has 0 saturated carbocycles. The van der Waals surface area contributed by atoms with Gasteiger partial charge < -0.3 is 9.30 Å². The van der Waals surface area contributed by atoms with Crippen LogP contribution in [0.15, 0.2) is 49.1 Å². The highest BCUT2D eigenvalue weighted by molar-refractivity contribution is 5.90. The van der Waals surface area contributed by atoms with Crippen molar-refractivity contribution in [2.24, 2.45) is 0 Å². The van der Waals surface area contributed by atoms with Crippen LogP contribution in [-0.4, -0.2) is 31.3 Å². The highest BCUT2D eigenvalue weighted by Crippen LogP contribution is 2.34. The molecule has 4 rings (SSSR count). The van der Waals surface area contributed by atoms with E-state index in [0.29, 0.717) is 29.3 Å². The number of imidazole rings is 1. The van der Waals surface area contributed by atoms with Gasteiger partial charge in [0.05, 0.1) is 19.1 Å². The Kier molecular flexibility index (Phi) is 4.50. The molecule has 0 atom stereocenters. The number of ether oxygens (including phenoxy) is 1. The summed E-state index contributed by atoms with van der Waals surface area (Å²) in [6.07, 6.45) is 5.02. The van der Waals surface area contributed by atoms with Gasteiger partial charge in [0.25, 0.3) is 0 Å². The Balaban J connectivity index is 1.89. The average Bonchev–Trinajstić information content (AvgIpc) is 3.13. The zero-order chi connectivity index (χ0) is 18.8. The van der Waals surface area contributed by atoms with E-state index in [1.165, 1.54) is 6.07 Å². The molecular weight excluding hydrogens is 345 g/mol. The standard InChI is InChI=1S/C20H18FN5O/c1-3-26-12-23-18-16(11-24-25-19(18)26)13-7-8-17(21)15(10-13)14-6-5-9-22-20(14)27-4-2/h5-12H,3-4H2,1-2H3. The second kappa shape index (κ2) is 7.11. The Morgan fingerprint density at radius 1 is 1.07 bits per heavy atom. The maximum atomic E-state index is 14.6. The smallest absolute Gasteiger partial charge is 0.221 e. The molecule has 0 amide bonds. The van der Waals surface area contributed by atoms with Crippen molar-refractivity contribution in [3.8, 4) is 28.1 Å². The number of hydrogen-bond donors (Lipinski definition) is 0. The topological polar surface area (TPSA) is 65.7 Å². The van der Waals surface area contributed by atoms with Gasteiger partial charge in [-0.3, -0.25) is 0 Å². The number of benzene rings is 1. The first kappa shape index (κ1) is 17.1. The van der Waals surface area contributed by atoms with Crippen LogP contribution >= 0.6 is 0 Å². The number of fused-ring (bicyclic) bond motifs is 1. The number of hydrogen-bond acceptors (Lipinski definition) is 5. The van der Waals surface area contributed by atoms with Crippen molar-refractivity contribution in [3.63, 3.8) is 0 Å². The number of pyridine rings is 1. The van der Waals surface area contributed by atoms with E-state index >= 15 is 0 Å². The lowest BCUT2D eigenvalue weighted by atomic mass is 9.99. The largest absolute Gasteiger partial charge is 0.478 e.